The number of hydrogen-bond acceptors (Lipinski definition) is 7. The second-order valence-electron chi connectivity index (χ2n) is 14.4. The maximum absolute atomic E-state index is 9.85. The third kappa shape index (κ3) is 4.25. The molecule has 0 bridgehead atoms. The molecule has 12 rings (SSSR count). The van der Waals surface area contributed by atoms with Gasteiger partial charge in [0.15, 0.2) is 0 Å². The first-order valence-corrected chi connectivity index (χ1v) is 19.4. The Bertz CT molecular complexity index is 3200. The van der Waals surface area contributed by atoms with Crippen LogP contribution in [-0.4, -0.2) is 14.5 Å². The number of aromatic nitrogens is 3. The Morgan fingerprint density at radius 1 is 0.544 bits per heavy atom. The van der Waals surface area contributed by atoms with E-state index in [9.17, 15) is 10.5 Å². The molecule has 57 heavy (non-hydrogen) atoms. The molecule has 264 valence electrons. The van der Waals surface area contributed by atoms with Gasteiger partial charge in [0.05, 0.1) is 74.4 Å². The first-order chi connectivity index (χ1) is 28.1. The minimum Gasteiger partial charge on any atom is -0.457 e. The second-order valence-corrected chi connectivity index (χ2v) is 15.5. The second kappa shape index (κ2) is 11.7. The number of hydrogen-bond donors (Lipinski definition) is 0. The molecular formula is C49H26N6OS. The largest absolute Gasteiger partial charge is 0.457 e. The number of benzene rings is 6. The molecule has 1 aliphatic carbocycles. The molecule has 3 aromatic heterocycles. The van der Waals surface area contributed by atoms with Gasteiger partial charge < -0.3 is 14.2 Å². The van der Waals surface area contributed by atoms with Gasteiger partial charge in [-0.05, 0) is 103 Å². The molecule has 1 spiro atoms. The number of nitriles is 2. The van der Waals surface area contributed by atoms with Crippen molar-refractivity contribution in [1.29, 1.82) is 10.5 Å². The maximum atomic E-state index is 9.85. The van der Waals surface area contributed by atoms with Crippen molar-refractivity contribution < 1.29 is 4.74 Å². The van der Waals surface area contributed by atoms with E-state index in [1.807, 2.05) is 67.0 Å². The molecule has 0 amide bonds. The fourth-order valence-corrected chi connectivity index (χ4v) is 10.3. The molecule has 1 unspecified atom stereocenters. The summed E-state index contributed by atoms with van der Waals surface area (Å²) in [5, 5.41) is 21.5. The Hall–Kier alpha value is -7.65. The smallest absolute Gasteiger partial charge is 0.132 e. The number of rotatable bonds is 2. The summed E-state index contributed by atoms with van der Waals surface area (Å²) in [5.41, 5.74) is 11.9. The zero-order valence-corrected chi connectivity index (χ0v) is 30.8. The summed E-state index contributed by atoms with van der Waals surface area (Å²) < 4.78 is 9.00. The number of nitrogens with zero attached hydrogens (tertiary/aromatic N) is 6. The van der Waals surface area contributed by atoms with Crippen LogP contribution in [0, 0.1) is 22.7 Å². The van der Waals surface area contributed by atoms with Gasteiger partial charge in [-0.25, -0.2) is 0 Å². The molecule has 6 aromatic carbocycles. The van der Waals surface area contributed by atoms with E-state index in [1.54, 1.807) is 11.8 Å². The lowest BCUT2D eigenvalue weighted by molar-refractivity contribution is 0.436. The average Bonchev–Trinajstić information content (AvgIpc) is 3.75. The van der Waals surface area contributed by atoms with Crippen molar-refractivity contribution >= 4 is 50.6 Å². The summed E-state index contributed by atoms with van der Waals surface area (Å²) in [6, 6.07) is 54.4. The average molecular weight is 747 g/mol. The quantitative estimate of drug-likeness (QED) is 0.174. The number of ether oxygens (including phenoxy) is 1. The Labute approximate surface area is 331 Å². The van der Waals surface area contributed by atoms with Crippen LogP contribution in [0.3, 0.4) is 0 Å². The third-order valence-corrected chi connectivity index (χ3v) is 12.7. The molecule has 0 saturated heterocycles. The van der Waals surface area contributed by atoms with Crippen LogP contribution in [0.4, 0.5) is 17.1 Å². The SMILES string of the molecule is N#Cc1ccc2c(c1)c1cc(C#N)ccc1n2-c1cnc2c(c1)C1(c3ccccc3Oc3ccc(N4c5ccccc5Sc5ccccc54)cc31)c1cccnc1-2. The van der Waals surface area contributed by atoms with Crippen molar-refractivity contribution in [2.45, 2.75) is 15.2 Å². The van der Waals surface area contributed by atoms with Crippen LogP contribution in [0.15, 0.2) is 168 Å². The zero-order chi connectivity index (χ0) is 37.8. The molecule has 1 atom stereocenters. The normalized spacial score (nSPS) is 15.4. The highest BCUT2D eigenvalue weighted by Crippen LogP contribution is 2.62. The summed E-state index contributed by atoms with van der Waals surface area (Å²) in [6.07, 6.45) is 3.75. The van der Waals surface area contributed by atoms with Gasteiger partial charge in [-0.1, -0.05) is 60.3 Å². The third-order valence-electron chi connectivity index (χ3n) is 11.6. The van der Waals surface area contributed by atoms with E-state index in [0.717, 1.165) is 89.7 Å². The first-order valence-electron chi connectivity index (χ1n) is 18.6. The molecule has 5 heterocycles. The molecule has 8 heteroatoms. The van der Waals surface area contributed by atoms with Crippen LogP contribution >= 0.6 is 11.8 Å². The number of pyridine rings is 2. The van der Waals surface area contributed by atoms with E-state index in [2.05, 4.69) is 113 Å². The molecule has 0 N–H and O–H groups in total. The molecule has 0 fully saturated rings. The molecule has 9 aromatic rings. The molecule has 0 radical (unpaired) electrons. The van der Waals surface area contributed by atoms with E-state index in [4.69, 9.17) is 14.7 Å². The van der Waals surface area contributed by atoms with Crippen molar-refractivity contribution in [3.05, 3.63) is 191 Å². The summed E-state index contributed by atoms with van der Waals surface area (Å²) in [7, 11) is 0. The summed E-state index contributed by atoms with van der Waals surface area (Å²) in [5.74, 6) is 1.55. The topological polar surface area (TPSA) is 90.8 Å². The van der Waals surface area contributed by atoms with Gasteiger partial charge >= 0.3 is 0 Å². The zero-order valence-electron chi connectivity index (χ0n) is 30.0. The van der Waals surface area contributed by atoms with Gasteiger partial charge in [-0.3, -0.25) is 9.97 Å². The van der Waals surface area contributed by atoms with Gasteiger partial charge in [-0.2, -0.15) is 10.5 Å². The minimum absolute atomic E-state index is 0.556. The summed E-state index contributed by atoms with van der Waals surface area (Å²) >= 11 is 1.79. The van der Waals surface area contributed by atoms with E-state index in [1.165, 1.54) is 9.79 Å². The van der Waals surface area contributed by atoms with E-state index in [0.29, 0.717) is 11.1 Å². The van der Waals surface area contributed by atoms with Gasteiger partial charge in [-0.15, -0.1) is 0 Å². The highest BCUT2D eigenvalue weighted by molar-refractivity contribution is 7.99. The Morgan fingerprint density at radius 3 is 1.88 bits per heavy atom. The van der Waals surface area contributed by atoms with Crippen LogP contribution in [0.5, 0.6) is 11.5 Å². The van der Waals surface area contributed by atoms with Crippen molar-refractivity contribution in [2.75, 3.05) is 4.90 Å². The van der Waals surface area contributed by atoms with Gasteiger partial charge in [0.1, 0.15) is 11.5 Å². The van der Waals surface area contributed by atoms with E-state index >= 15 is 0 Å². The molecule has 7 nitrogen and oxygen atoms in total. The fourth-order valence-electron chi connectivity index (χ4n) is 9.26. The predicted molar refractivity (Wildman–Crippen MR) is 222 cm³/mol. The van der Waals surface area contributed by atoms with Crippen LogP contribution in [0.1, 0.15) is 33.4 Å². The number of anilines is 3. The fraction of sp³-hybridized carbons (Fsp3) is 0.0204. The molecule has 3 aliphatic rings. The van der Waals surface area contributed by atoms with Crippen molar-refractivity contribution in [2.24, 2.45) is 0 Å². The van der Waals surface area contributed by atoms with Crippen molar-refractivity contribution in [1.82, 2.24) is 14.5 Å². The number of para-hydroxylation sites is 3. The molecular weight excluding hydrogens is 721 g/mol. The summed E-state index contributed by atoms with van der Waals surface area (Å²) in [4.78, 5) is 15.0. The predicted octanol–water partition coefficient (Wildman–Crippen LogP) is 11.7. The molecule has 2 aliphatic heterocycles. The highest BCUT2D eigenvalue weighted by atomic mass is 32.2. The maximum Gasteiger partial charge on any atom is 0.132 e. The van der Waals surface area contributed by atoms with E-state index < -0.39 is 5.41 Å². The lowest BCUT2D eigenvalue weighted by Gasteiger charge is -2.40. The molecule has 0 saturated carbocycles. The lowest BCUT2D eigenvalue weighted by Crippen LogP contribution is -2.32. The van der Waals surface area contributed by atoms with Gasteiger partial charge in [0.2, 0.25) is 0 Å². The van der Waals surface area contributed by atoms with Crippen LogP contribution in [-0.2, 0) is 5.41 Å². The summed E-state index contributed by atoms with van der Waals surface area (Å²) in [6.45, 7) is 0. The van der Waals surface area contributed by atoms with Crippen LogP contribution in [0.25, 0.3) is 38.9 Å². The first kappa shape index (κ1) is 31.7. The Kier molecular flexibility index (Phi) is 6.49. The standard InChI is InChI=1S/C49H26N6OS/c50-26-29-15-18-39-33(22-29)34-23-30(27-51)16-19-40(34)55(39)32-25-38-48(53-28-32)47-36(9-7-21-52-47)49(38)35-8-1-4-12-43(35)56-44-20-17-31(24-37(44)49)54-41-10-2-5-13-45(41)57-46-14-6-3-11-42(46)54/h1-25,28H. The van der Waals surface area contributed by atoms with Gasteiger partial charge in [0.25, 0.3) is 0 Å². The van der Waals surface area contributed by atoms with Gasteiger partial charge in [0, 0.05) is 49.1 Å². The Morgan fingerprint density at radius 2 is 1.16 bits per heavy atom. The minimum atomic E-state index is -0.841. The number of fused-ring (bicyclic) bond motifs is 14. The van der Waals surface area contributed by atoms with Crippen LogP contribution in [0.2, 0.25) is 0 Å². The monoisotopic (exact) mass is 746 g/mol. The highest BCUT2D eigenvalue weighted by Gasteiger charge is 2.53. The van der Waals surface area contributed by atoms with E-state index in [-0.39, 0.29) is 0 Å². The van der Waals surface area contributed by atoms with Crippen molar-refractivity contribution in [3.8, 4) is 40.7 Å². The Balaban J connectivity index is 1.16. The lowest BCUT2D eigenvalue weighted by atomic mass is 9.66. The van der Waals surface area contributed by atoms with Crippen molar-refractivity contribution in [3.63, 3.8) is 0 Å². The van der Waals surface area contributed by atoms with Crippen LogP contribution < -0.4 is 9.64 Å².